The summed E-state index contributed by atoms with van der Waals surface area (Å²) in [7, 11) is 0. The maximum atomic E-state index is 11.8. The quantitative estimate of drug-likeness (QED) is 0.433. The Labute approximate surface area is 175 Å². The van der Waals surface area contributed by atoms with E-state index in [2.05, 4.69) is 27.3 Å². The van der Waals surface area contributed by atoms with E-state index in [1.807, 2.05) is 42.5 Å². The van der Waals surface area contributed by atoms with E-state index in [0.29, 0.717) is 31.1 Å². The van der Waals surface area contributed by atoms with Gasteiger partial charge in [0.2, 0.25) is 0 Å². The molecular formula is C23H23ClN4O. The Morgan fingerprint density at radius 3 is 2.79 bits per heavy atom. The molecule has 0 radical (unpaired) electrons. The summed E-state index contributed by atoms with van der Waals surface area (Å²) in [4.78, 5) is 11.8. The van der Waals surface area contributed by atoms with Crippen LogP contribution in [0.25, 0.3) is 10.9 Å². The van der Waals surface area contributed by atoms with Gasteiger partial charge in [0.1, 0.15) is 6.29 Å². The SMILES string of the molecule is N#CCCCn1c(CNc2ccccc2C2(C=O)CNC2)cc2cc(Cl)ccc21. The Bertz CT molecular complexity index is 1080. The number of aromatic nitrogens is 1. The van der Waals surface area contributed by atoms with Crippen LogP contribution in [0.1, 0.15) is 24.1 Å². The number of fused-ring (bicyclic) bond motifs is 1. The normalized spacial score (nSPS) is 14.9. The zero-order valence-corrected chi connectivity index (χ0v) is 16.9. The van der Waals surface area contributed by atoms with Gasteiger partial charge in [0.05, 0.1) is 18.0 Å². The molecule has 1 aliphatic heterocycles. The predicted molar refractivity (Wildman–Crippen MR) is 116 cm³/mol. The number of carbonyl (C=O) groups is 1. The third-order valence-electron chi connectivity index (χ3n) is 5.65. The van der Waals surface area contributed by atoms with Gasteiger partial charge in [-0.3, -0.25) is 0 Å². The molecule has 0 atom stereocenters. The van der Waals surface area contributed by atoms with E-state index in [1.165, 1.54) is 0 Å². The molecular weight excluding hydrogens is 384 g/mol. The summed E-state index contributed by atoms with van der Waals surface area (Å²) in [6, 6.07) is 18.3. The second-order valence-corrected chi connectivity index (χ2v) is 7.97. The van der Waals surface area contributed by atoms with Gasteiger partial charge in [0.15, 0.2) is 0 Å². The van der Waals surface area contributed by atoms with E-state index in [-0.39, 0.29) is 0 Å². The van der Waals surface area contributed by atoms with Crippen LogP contribution in [0.2, 0.25) is 5.02 Å². The highest BCUT2D eigenvalue weighted by Crippen LogP contribution is 2.33. The molecule has 2 N–H and O–H groups in total. The lowest BCUT2D eigenvalue weighted by Crippen LogP contribution is -2.58. The largest absolute Gasteiger partial charge is 0.379 e. The van der Waals surface area contributed by atoms with Gasteiger partial charge in [-0.2, -0.15) is 5.26 Å². The van der Waals surface area contributed by atoms with E-state index in [4.69, 9.17) is 16.9 Å². The highest BCUT2D eigenvalue weighted by Gasteiger charge is 2.40. The summed E-state index contributed by atoms with van der Waals surface area (Å²) in [5.41, 5.74) is 3.81. The average molecular weight is 407 g/mol. The Morgan fingerprint density at radius 1 is 1.24 bits per heavy atom. The van der Waals surface area contributed by atoms with Crippen molar-refractivity contribution in [1.29, 1.82) is 5.26 Å². The van der Waals surface area contributed by atoms with Crippen molar-refractivity contribution in [3.63, 3.8) is 0 Å². The molecule has 0 unspecified atom stereocenters. The second-order valence-electron chi connectivity index (χ2n) is 7.53. The summed E-state index contributed by atoms with van der Waals surface area (Å²) < 4.78 is 2.25. The minimum atomic E-state index is -0.448. The van der Waals surface area contributed by atoms with Gasteiger partial charge in [0.25, 0.3) is 0 Å². The van der Waals surface area contributed by atoms with E-state index < -0.39 is 5.41 Å². The summed E-state index contributed by atoms with van der Waals surface area (Å²) in [5, 5.41) is 17.5. The standard InChI is InChI=1S/C23H23ClN4O/c24-18-7-8-22-17(11-18)12-19(28(22)10-4-3-9-25)13-27-21-6-2-1-5-20(21)23(16-29)14-26-15-23/h1-2,5-8,11-12,16,26-27H,3-4,10,13-15H2. The first kappa shape index (κ1) is 19.5. The Morgan fingerprint density at radius 2 is 2.07 bits per heavy atom. The van der Waals surface area contributed by atoms with Crippen molar-refractivity contribution in [2.24, 2.45) is 0 Å². The number of para-hydroxylation sites is 1. The van der Waals surface area contributed by atoms with Crippen LogP contribution in [-0.4, -0.2) is 23.9 Å². The lowest BCUT2D eigenvalue weighted by Gasteiger charge is -2.39. The monoisotopic (exact) mass is 406 g/mol. The number of nitrogens with one attached hydrogen (secondary N) is 2. The Balaban J connectivity index is 1.63. The minimum absolute atomic E-state index is 0.448. The topological polar surface area (TPSA) is 69.8 Å². The molecule has 5 nitrogen and oxygen atoms in total. The van der Waals surface area contributed by atoms with Crippen LogP contribution >= 0.6 is 11.6 Å². The first-order valence-corrected chi connectivity index (χ1v) is 10.2. The molecule has 1 aromatic heterocycles. The van der Waals surface area contributed by atoms with E-state index in [1.54, 1.807) is 0 Å². The number of hydrogen-bond donors (Lipinski definition) is 2. The van der Waals surface area contributed by atoms with E-state index in [9.17, 15) is 4.79 Å². The number of carbonyl (C=O) groups excluding carboxylic acids is 1. The highest BCUT2D eigenvalue weighted by atomic mass is 35.5. The highest BCUT2D eigenvalue weighted by molar-refractivity contribution is 6.31. The Kier molecular flexibility index (Phi) is 5.57. The van der Waals surface area contributed by atoms with Crippen LogP contribution in [0.3, 0.4) is 0 Å². The number of nitriles is 1. The number of hydrogen-bond acceptors (Lipinski definition) is 4. The van der Waals surface area contributed by atoms with Crippen LogP contribution in [0.5, 0.6) is 0 Å². The fourth-order valence-corrected chi connectivity index (χ4v) is 4.20. The van der Waals surface area contributed by atoms with Crippen molar-refractivity contribution in [2.45, 2.75) is 31.3 Å². The number of aryl methyl sites for hydroxylation is 1. The molecule has 3 aromatic rings. The molecule has 0 amide bonds. The molecule has 0 bridgehead atoms. The van der Waals surface area contributed by atoms with E-state index >= 15 is 0 Å². The van der Waals surface area contributed by atoms with Crippen molar-refractivity contribution in [3.8, 4) is 6.07 Å². The van der Waals surface area contributed by atoms with Gasteiger partial charge in [-0.25, -0.2) is 0 Å². The fraction of sp³-hybridized carbons (Fsp3) is 0.304. The maximum absolute atomic E-state index is 11.8. The minimum Gasteiger partial charge on any atom is -0.379 e. The van der Waals surface area contributed by atoms with Gasteiger partial charge in [-0.15, -0.1) is 0 Å². The van der Waals surface area contributed by atoms with Crippen LogP contribution in [0.15, 0.2) is 48.5 Å². The lowest BCUT2D eigenvalue weighted by atomic mass is 9.76. The summed E-state index contributed by atoms with van der Waals surface area (Å²) in [5.74, 6) is 0. The van der Waals surface area contributed by atoms with Crippen LogP contribution < -0.4 is 10.6 Å². The van der Waals surface area contributed by atoms with Crippen LogP contribution in [0.4, 0.5) is 5.69 Å². The summed E-state index contributed by atoms with van der Waals surface area (Å²) >= 11 is 6.18. The number of aldehydes is 1. The molecule has 0 saturated carbocycles. The van der Waals surface area contributed by atoms with Crippen LogP contribution in [-0.2, 0) is 23.3 Å². The summed E-state index contributed by atoms with van der Waals surface area (Å²) in [6.45, 7) is 2.74. The molecule has 1 saturated heterocycles. The van der Waals surface area contributed by atoms with E-state index in [0.717, 1.165) is 47.1 Å². The summed E-state index contributed by atoms with van der Waals surface area (Å²) in [6.07, 6.45) is 2.38. The number of halogens is 1. The average Bonchev–Trinajstić information content (AvgIpc) is 3.03. The zero-order chi connectivity index (χ0) is 20.3. The van der Waals surface area contributed by atoms with Crippen LogP contribution in [0, 0.1) is 11.3 Å². The Hall–Kier alpha value is -2.81. The number of benzene rings is 2. The van der Waals surface area contributed by atoms with Crippen molar-refractivity contribution in [3.05, 3.63) is 64.8 Å². The number of unbranched alkanes of at least 4 members (excludes halogenated alkanes) is 1. The van der Waals surface area contributed by atoms with Crippen molar-refractivity contribution >= 4 is 34.5 Å². The van der Waals surface area contributed by atoms with Gasteiger partial charge in [-0.05, 0) is 42.3 Å². The zero-order valence-electron chi connectivity index (χ0n) is 16.1. The van der Waals surface area contributed by atoms with Crippen molar-refractivity contribution < 1.29 is 4.79 Å². The fourth-order valence-electron chi connectivity index (χ4n) is 4.01. The molecule has 1 aliphatic rings. The molecule has 0 spiro atoms. The predicted octanol–water partition coefficient (Wildman–Crippen LogP) is 4.25. The van der Waals surface area contributed by atoms with Crippen molar-refractivity contribution in [1.82, 2.24) is 9.88 Å². The molecule has 2 aromatic carbocycles. The molecule has 6 heteroatoms. The molecule has 2 heterocycles. The molecule has 1 fully saturated rings. The third kappa shape index (κ3) is 3.74. The van der Waals surface area contributed by atoms with Gasteiger partial charge >= 0.3 is 0 Å². The lowest BCUT2D eigenvalue weighted by molar-refractivity contribution is -0.114. The molecule has 0 aliphatic carbocycles. The number of rotatable bonds is 8. The van der Waals surface area contributed by atoms with Gasteiger partial charge < -0.3 is 20.0 Å². The molecule has 4 rings (SSSR count). The first-order valence-electron chi connectivity index (χ1n) is 9.82. The van der Waals surface area contributed by atoms with Gasteiger partial charge in [-0.1, -0.05) is 29.8 Å². The molecule has 148 valence electrons. The first-order chi connectivity index (χ1) is 14.2. The van der Waals surface area contributed by atoms with Gasteiger partial charge in [0, 0.05) is 53.4 Å². The maximum Gasteiger partial charge on any atom is 0.133 e. The third-order valence-corrected chi connectivity index (χ3v) is 5.88. The smallest absolute Gasteiger partial charge is 0.133 e. The second kappa shape index (κ2) is 8.28. The molecule has 29 heavy (non-hydrogen) atoms. The number of anilines is 1. The van der Waals surface area contributed by atoms with Crippen molar-refractivity contribution in [2.75, 3.05) is 18.4 Å². The number of nitrogens with zero attached hydrogens (tertiary/aromatic N) is 2.